The minimum Gasteiger partial charge on any atom is -0.488 e. The molecule has 4 nitrogen and oxygen atoms in total. The summed E-state index contributed by atoms with van der Waals surface area (Å²) in [5, 5.41) is 2.90. The lowest BCUT2D eigenvalue weighted by molar-refractivity contribution is -0.116. The molecule has 0 radical (unpaired) electrons. The van der Waals surface area contributed by atoms with Crippen LogP contribution in [-0.2, 0) is 11.2 Å². The second-order valence-corrected chi connectivity index (χ2v) is 6.11. The Bertz CT molecular complexity index is 527. The Morgan fingerprint density at radius 2 is 2.15 bits per heavy atom. The van der Waals surface area contributed by atoms with Crippen molar-refractivity contribution < 1.29 is 9.53 Å². The molecule has 108 valence electrons. The molecular formula is C16H22N2O2. The summed E-state index contributed by atoms with van der Waals surface area (Å²) in [6.45, 7) is 2.27. The SMILES string of the molecule is CC1CCCC(Oc2cc3c(cc2N)CCC(=O)N3)C1. The molecule has 1 saturated carbocycles. The highest BCUT2D eigenvalue weighted by atomic mass is 16.5. The largest absolute Gasteiger partial charge is 0.488 e. The first-order valence-corrected chi connectivity index (χ1v) is 7.50. The number of rotatable bonds is 2. The number of nitrogens with two attached hydrogens (primary N) is 1. The van der Waals surface area contributed by atoms with Crippen LogP contribution in [0.1, 0.15) is 44.6 Å². The van der Waals surface area contributed by atoms with Crippen molar-refractivity contribution in [2.24, 2.45) is 5.92 Å². The van der Waals surface area contributed by atoms with Crippen LogP contribution in [0.5, 0.6) is 5.75 Å². The monoisotopic (exact) mass is 274 g/mol. The summed E-state index contributed by atoms with van der Waals surface area (Å²) in [6.07, 6.45) is 6.22. The molecule has 1 heterocycles. The standard InChI is InChI=1S/C16H22N2O2/c1-10-3-2-4-12(7-10)20-15-9-14-11(8-13(15)17)5-6-16(19)18-14/h8-10,12H,2-7,17H2,1H3,(H,18,19). The summed E-state index contributed by atoms with van der Waals surface area (Å²) in [6, 6.07) is 3.83. The summed E-state index contributed by atoms with van der Waals surface area (Å²) >= 11 is 0. The van der Waals surface area contributed by atoms with Gasteiger partial charge in [0, 0.05) is 18.2 Å². The van der Waals surface area contributed by atoms with Crippen LogP contribution in [0, 0.1) is 5.92 Å². The quantitative estimate of drug-likeness (QED) is 0.814. The van der Waals surface area contributed by atoms with Gasteiger partial charge in [0.05, 0.1) is 11.8 Å². The average Bonchev–Trinajstić information content (AvgIpc) is 2.40. The summed E-state index contributed by atoms with van der Waals surface area (Å²) in [5.41, 5.74) is 8.73. The van der Waals surface area contributed by atoms with E-state index in [4.69, 9.17) is 10.5 Å². The molecule has 3 rings (SSSR count). The zero-order valence-electron chi connectivity index (χ0n) is 11.9. The fourth-order valence-electron chi connectivity index (χ4n) is 3.19. The third kappa shape index (κ3) is 2.74. The first-order chi connectivity index (χ1) is 9.61. The summed E-state index contributed by atoms with van der Waals surface area (Å²) < 4.78 is 6.08. The van der Waals surface area contributed by atoms with Crippen LogP contribution in [0.2, 0.25) is 0 Å². The van der Waals surface area contributed by atoms with Gasteiger partial charge in [0.15, 0.2) is 0 Å². The number of carbonyl (C=O) groups is 1. The maximum atomic E-state index is 11.5. The van der Waals surface area contributed by atoms with Crippen LogP contribution in [0.25, 0.3) is 0 Å². The van der Waals surface area contributed by atoms with E-state index >= 15 is 0 Å². The highest BCUT2D eigenvalue weighted by Crippen LogP contribution is 2.35. The average molecular weight is 274 g/mol. The normalized spacial score (nSPS) is 25.8. The molecule has 0 spiro atoms. The van der Waals surface area contributed by atoms with E-state index in [0.29, 0.717) is 23.8 Å². The van der Waals surface area contributed by atoms with Crippen molar-refractivity contribution in [3.8, 4) is 5.75 Å². The first-order valence-electron chi connectivity index (χ1n) is 7.50. The Morgan fingerprint density at radius 3 is 2.95 bits per heavy atom. The van der Waals surface area contributed by atoms with Gasteiger partial charge in [0.2, 0.25) is 5.91 Å². The van der Waals surface area contributed by atoms with Crippen LogP contribution < -0.4 is 15.8 Å². The van der Waals surface area contributed by atoms with E-state index in [1.54, 1.807) is 0 Å². The molecule has 1 aliphatic carbocycles. The molecule has 2 unspecified atom stereocenters. The molecule has 3 N–H and O–H groups in total. The van der Waals surface area contributed by atoms with Gasteiger partial charge in [0.25, 0.3) is 0 Å². The van der Waals surface area contributed by atoms with E-state index in [1.807, 2.05) is 12.1 Å². The maximum Gasteiger partial charge on any atom is 0.224 e. The van der Waals surface area contributed by atoms with Crippen molar-refractivity contribution in [2.45, 2.75) is 51.6 Å². The van der Waals surface area contributed by atoms with E-state index in [1.165, 1.54) is 12.8 Å². The number of amides is 1. The molecule has 0 saturated heterocycles. The predicted octanol–water partition coefficient (Wildman–Crippen LogP) is 3.11. The highest BCUT2D eigenvalue weighted by Gasteiger charge is 2.22. The van der Waals surface area contributed by atoms with Crippen molar-refractivity contribution in [3.63, 3.8) is 0 Å². The molecule has 1 aliphatic heterocycles. The fraction of sp³-hybridized carbons (Fsp3) is 0.562. The van der Waals surface area contributed by atoms with Crippen molar-refractivity contribution in [3.05, 3.63) is 17.7 Å². The number of nitrogens with one attached hydrogen (secondary N) is 1. The lowest BCUT2D eigenvalue weighted by atomic mass is 9.88. The van der Waals surface area contributed by atoms with Crippen LogP contribution in [0.15, 0.2) is 12.1 Å². The van der Waals surface area contributed by atoms with E-state index in [9.17, 15) is 4.79 Å². The Balaban J connectivity index is 1.79. The van der Waals surface area contributed by atoms with Crippen molar-refractivity contribution in [2.75, 3.05) is 11.1 Å². The summed E-state index contributed by atoms with van der Waals surface area (Å²) in [7, 11) is 0. The molecule has 0 bridgehead atoms. The number of ether oxygens (including phenoxy) is 1. The number of carbonyl (C=O) groups excluding carboxylic acids is 1. The minimum atomic E-state index is 0.0690. The fourth-order valence-corrected chi connectivity index (χ4v) is 3.19. The first kappa shape index (κ1) is 13.3. The van der Waals surface area contributed by atoms with E-state index in [2.05, 4.69) is 12.2 Å². The van der Waals surface area contributed by atoms with Gasteiger partial charge in [-0.15, -0.1) is 0 Å². The lowest BCUT2D eigenvalue weighted by Crippen LogP contribution is -2.25. The number of fused-ring (bicyclic) bond motifs is 1. The van der Waals surface area contributed by atoms with Gasteiger partial charge in [-0.1, -0.05) is 13.3 Å². The topological polar surface area (TPSA) is 64.3 Å². The minimum absolute atomic E-state index is 0.0690. The third-order valence-electron chi connectivity index (χ3n) is 4.31. The molecule has 4 heteroatoms. The molecule has 2 aliphatic rings. The van der Waals surface area contributed by atoms with Gasteiger partial charge in [0.1, 0.15) is 5.75 Å². The maximum absolute atomic E-state index is 11.5. The van der Waals surface area contributed by atoms with Gasteiger partial charge in [-0.05, 0) is 43.2 Å². The Hall–Kier alpha value is -1.71. The van der Waals surface area contributed by atoms with E-state index < -0.39 is 0 Å². The number of hydrogen-bond acceptors (Lipinski definition) is 3. The van der Waals surface area contributed by atoms with Gasteiger partial charge in [-0.25, -0.2) is 0 Å². The van der Waals surface area contributed by atoms with Crippen molar-refractivity contribution >= 4 is 17.3 Å². The summed E-state index contributed by atoms with van der Waals surface area (Å²) in [4.78, 5) is 11.5. The Morgan fingerprint density at radius 1 is 1.30 bits per heavy atom. The molecule has 1 amide bonds. The van der Waals surface area contributed by atoms with Crippen molar-refractivity contribution in [1.29, 1.82) is 0 Å². The number of anilines is 2. The van der Waals surface area contributed by atoms with Gasteiger partial charge in [-0.3, -0.25) is 4.79 Å². The molecule has 1 fully saturated rings. The number of benzene rings is 1. The third-order valence-corrected chi connectivity index (χ3v) is 4.31. The number of nitrogen functional groups attached to an aromatic ring is 1. The molecule has 2 atom stereocenters. The lowest BCUT2D eigenvalue weighted by Gasteiger charge is -2.28. The van der Waals surface area contributed by atoms with Gasteiger partial charge < -0.3 is 15.8 Å². The molecule has 20 heavy (non-hydrogen) atoms. The number of aryl methyl sites for hydroxylation is 1. The predicted molar refractivity (Wildman–Crippen MR) is 79.9 cm³/mol. The van der Waals surface area contributed by atoms with Crippen molar-refractivity contribution in [1.82, 2.24) is 0 Å². The molecule has 1 aromatic rings. The smallest absolute Gasteiger partial charge is 0.224 e. The molecular weight excluding hydrogens is 252 g/mol. The van der Waals surface area contributed by atoms with Crippen LogP contribution >= 0.6 is 0 Å². The van der Waals surface area contributed by atoms with E-state index in [-0.39, 0.29) is 12.0 Å². The Kier molecular flexibility index (Phi) is 3.55. The highest BCUT2D eigenvalue weighted by molar-refractivity contribution is 5.94. The van der Waals surface area contributed by atoms with Crippen LogP contribution in [-0.4, -0.2) is 12.0 Å². The van der Waals surface area contributed by atoms with Gasteiger partial charge in [-0.2, -0.15) is 0 Å². The van der Waals surface area contributed by atoms with E-state index in [0.717, 1.165) is 30.5 Å². The zero-order valence-corrected chi connectivity index (χ0v) is 11.9. The zero-order chi connectivity index (χ0) is 14.1. The van der Waals surface area contributed by atoms with Crippen LogP contribution in [0.4, 0.5) is 11.4 Å². The molecule has 1 aromatic carbocycles. The van der Waals surface area contributed by atoms with Crippen LogP contribution in [0.3, 0.4) is 0 Å². The molecule has 0 aromatic heterocycles. The second kappa shape index (κ2) is 5.35. The summed E-state index contributed by atoms with van der Waals surface area (Å²) in [5.74, 6) is 1.50. The second-order valence-electron chi connectivity index (χ2n) is 6.11. The number of hydrogen-bond donors (Lipinski definition) is 2. The Labute approximate surface area is 119 Å². The van der Waals surface area contributed by atoms with Gasteiger partial charge >= 0.3 is 0 Å².